The van der Waals surface area contributed by atoms with E-state index in [0.717, 1.165) is 23.7 Å². The molecular formula is C19H36. The monoisotopic (exact) mass is 264 g/mol. The Morgan fingerprint density at radius 3 is 2.21 bits per heavy atom. The van der Waals surface area contributed by atoms with Crippen molar-refractivity contribution in [2.24, 2.45) is 23.7 Å². The summed E-state index contributed by atoms with van der Waals surface area (Å²) in [6.45, 7) is 4.71. The molecule has 0 spiro atoms. The highest BCUT2D eigenvalue weighted by atomic mass is 14.4. The maximum absolute atomic E-state index is 2.38. The highest BCUT2D eigenvalue weighted by molar-refractivity contribution is 4.82. The summed E-state index contributed by atoms with van der Waals surface area (Å²) in [7, 11) is 0. The van der Waals surface area contributed by atoms with Gasteiger partial charge in [-0.25, -0.2) is 0 Å². The van der Waals surface area contributed by atoms with Gasteiger partial charge in [0.2, 0.25) is 0 Å². The summed E-state index contributed by atoms with van der Waals surface area (Å²) in [5.74, 6) is 4.38. The normalized spacial score (nSPS) is 36.3. The van der Waals surface area contributed by atoms with Crippen molar-refractivity contribution < 1.29 is 0 Å². The maximum atomic E-state index is 2.38. The molecule has 0 aromatic rings. The van der Waals surface area contributed by atoms with Crippen LogP contribution in [0.1, 0.15) is 97.3 Å². The van der Waals surface area contributed by atoms with E-state index >= 15 is 0 Å². The van der Waals surface area contributed by atoms with E-state index in [4.69, 9.17) is 0 Å². The van der Waals surface area contributed by atoms with Crippen LogP contribution in [0.2, 0.25) is 0 Å². The smallest absolute Gasteiger partial charge is 0.0383 e. The van der Waals surface area contributed by atoms with Crippen molar-refractivity contribution in [2.45, 2.75) is 97.3 Å². The lowest BCUT2D eigenvalue weighted by atomic mass is 9.68. The van der Waals surface area contributed by atoms with Crippen LogP contribution in [0.25, 0.3) is 0 Å². The Kier molecular flexibility index (Phi) is 6.74. The summed E-state index contributed by atoms with van der Waals surface area (Å²) >= 11 is 0. The van der Waals surface area contributed by atoms with E-state index < -0.39 is 0 Å². The fourth-order valence-electron chi connectivity index (χ4n) is 4.77. The van der Waals surface area contributed by atoms with Gasteiger partial charge < -0.3 is 0 Å². The molecule has 0 aliphatic heterocycles. The first-order valence-corrected chi connectivity index (χ1v) is 9.33. The zero-order chi connectivity index (χ0) is 13.5. The molecule has 0 amide bonds. The molecule has 0 N–H and O–H groups in total. The van der Waals surface area contributed by atoms with E-state index in [-0.39, 0.29) is 0 Å². The van der Waals surface area contributed by atoms with E-state index in [9.17, 15) is 0 Å². The lowest BCUT2D eigenvalue weighted by Gasteiger charge is -2.38. The van der Waals surface area contributed by atoms with Crippen molar-refractivity contribution in [2.75, 3.05) is 0 Å². The van der Waals surface area contributed by atoms with Gasteiger partial charge in [-0.1, -0.05) is 78.1 Å². The minimum absolute atomic E-state index is 1.07. The van der Waals surface area contributed by atoms with Crippen molar-refractivity contribution in [1.29, 1.82) is 0 Å². The summed E-state index contributed by atoms with van der Waals surface area (Å²) in [5.41, 5.74) is 0. The molecule has 0 unspecified atom stereocenters. The lowest BCUT2D eigenvalue weighted by Crippen LogP contribution is -2.26. The molecule has 2 fully saturated rings. The van der Waals surface area contributed by atoms with Crippen LogP contribution in [-0.2, 0) is 0 Å². The van der Waals surface area contributed by atoms with Crippen molar-refractivity contribution in [1.82, 2.24) is 0 Å². The number of rotatable bonds is 6. The fraction of sp³-hybridized carbons (Fsp3) is 1.00. The SMILES string of the molecule is CCCCC[C@@H]1CCC[C@@H](C2CCC(CC)CC2)C1. The average molecular weight is 264 g/mol. The number of hydrogen-bond donors (Lipinski definition) is 0. The highest BCUT2D eigenvalue weighted by Crippen LogP contribution is 2.43. The average Bonchev–Trinajstić information content (AvgIpc) is 2.48. The first kappa shape index (κ1) is 15.4. The summed E-state index contributed by atoms with van der Waals surface area (Å²) < 4.78 is 0. The Balaban J connectivity index is 1.71. The predicted octanol–water partition coefficient (Wildman–Crippen LogP) is 6.59. The Hall–Kier alpha value is 0. The van der Waals surface area contributed by atoms with E-state index in [0.29, 0.717) is 0 Å². The Labute approximate surface area is 121 Å². The van der Waals surface area contributed by atoms with Gasteiger partial charge in [-0.3, -0.25) is 0 Å². The van der Waals surface area contributed by atoms with Crippen molar-refractivity contribution in [3.8, 4) is 0 Å². The van der Waals surface area contributed by atoms with Gasteiger partial charge in [0, 0.05) is 0 Å². The molecule has 2 rings (SSSR count). The van der Waals surface area contributed by atoms with Crippen LogP contribution in [0, 0.1) is 23.7 Å². The molecule has 0 saturated heterocycles. The molecule has 0 radical (unpaired) electrons. The van der Waals surface area contributed by atoms with Crippen LogP contribution in [0.4, 0.5) is 0 Å². The van der Waals surface area contributed by atoms with Crippen molar-refractivity contribution in [3.05, 3.63) is 0 Å². The second-order valence-corrected chi connectivity index (χ2v) is 7.48. The Morgan fingerprint density at radius 2 is 1.53 bits per heavy atom. The Bertz CT molecular complexity index is 224. The largest absolute Gasteiger partial charge is 0.0654 e. The molecule has 0 aromatic carbocycles. The third-order valence-electron chi connectivity index (χ3n) is 6.17. The molecule has 0 bridgehead atoms. The van der Waals surface area contributed by atoms with Gasteiger partial charge in [-0.15, -0.1) is 0 Å². The fourth-order valence-corrected chi connectivity index (χ4v) is 4.77. The molecule has 0 nitrogen and oxygen atoms in total. The predicted molar refractivity (Wildman–Crippen MR) is 85.3 cm³/mol. The molecule has 0 heterocycles. The quantitative estimate of drug-likeness (QED) is 0.475. The third kappa shape index (κ3) is 4.80. The molecule has 112 valence electrons. The van der Waals surface area contributed by atoms with Crippen LogP contribution < -0.4 is 0 Å². The van der Waals surface area contributed by atoms with Gasteiger partial charge >= 0.3 is 0 Å². The van der Waals surface area contributed by atoms with E-state index in [1.807, 2.05) is 0 Å². The number of unbranched alkanes of at least 4 members (excludes halogenated alkanes) is 2. The van der Waals surface area contributed by atoms with E-state index in [2.05, 4.69) is 13.8 Å². The molecule has 19 heavy (non-hydrogen) atoms. The van der Waals surface area contributed by atoms with Gasteiger partial charge in [-0.05, 0) is 42.9 Å². The molecule has 2 atom stereocenters. The van der Waals surface area contributed by atoms with Gasteiger partial charge in [-0.2, -0.15) is 0 Å². The summed E-state index contributed by atoms with van der Waals surface area (Å²) in [5, 5.41) is 0. The molecule has 2 saturated carbocycles. The van der Waals surface area contributed by atoms with Gasteiger partial charge in [0.1, 0.15) is 0 Å². The van der Waals surface area contributed by atoms with Crippen molar-refractivity contribution >= 4 is 0 Å². The zero-order valence-electron chi connectivity index (χ0n) is 13.5. The van der Waals surface area contributed by atoms with Crippen LogP contribution in [0.3, 0.4) is 0 Å². The Morgan fingerprint density at radius 1 is 0.737 bits per heavy atom. The third-order valence-corrected chi connectivity index (χ3v) is 6.17. The van der Waals surface area contributed by atoms with Crippen LogP contribution >= 0.6 is 0 Å². The maximum Gasteiger partial charge on any atom is -0.0383 e. The molecule has 2 aliphatic carbocycles. The van der Waals surface area contributed by atoms with E-state index in [1.165, 1.54) is 51.4 Å². The topological polar surface area (TPSA) is 0 Å². The lowest BCUT2D eigenvalue weighted by molar-refractivity contribution is 0.134. The molecule has 0 aromatic heterocycles. The first-order valence-electron chi connectivity index (χ1n) is 9.33. The van der Waals surface area contributed by atoms with Crippen LogP contribution in [0.15, 0.2) is 0 Å². The number of hydrogen-bond acceptors (Lipinski definition) is 0. The van der Waals surface area contributed by atoms with E-state index in [1.54, 1.807) is 32.1 Å². The molecular weight excluding hydrogens is 228 g/mol. The van der Waals surface area contributed by atoms with Gasteiger partial charge in [0.15, 0.2) is 0 Å². The first-order chi connectivity index (χ1) is 9.33. The summed E-state index contributed by atoms with van der Waals surface area (Å²) in [4.78, 5) is 0. The van der Waals surface area contributed by atoms with Crippen molar-refractivity contribution in [3.63, 3.8) is 0 Å². The standard InChI is InChI=1S/C19H36/c1-3-5-6-8-17-9-7-10-19(15-17)18-13-11-16(4-2)12-14-18/h16-19H,3-15H2,1-2H3/t16?,17-,18?,19-/m1/s1. The van der Waals surface area contributed by atoms with Gasteiger partial charge in [0.25, 0.3) is 0 Å². The van der Waals surface area contributed by atoms with Gasteiger partial charge in [0.05, 0.1) is 0 Å². The zero-order valence-corrected chi connectivity index (χ0v) is 13.5. The second-order valence-electron chi connectivity index (χ2n) is 7.48. The molecule has 2 aliphatic rings. The summed E-state index contributed by atoms with van der Waals surface area (Å²) in [6, 6.07) is 0. The summed E-state index contributed by atoms with van der Waals surface area (Å²) in [6.07, 6.45) is 19.7. The highest BCUT2D eigenvalue weighted by Gasteiger charge is 2.30. The van der Waals surface area contributed by atoms with Crippen LogP contribution in [-0.4, -0.2) is 0 Å². The van der Waals surface area contributed by atoms with Crippen LogP contribution in [0.5, 0.6) is 0 Å². The minimum atomic E-state index is 1.07. The molecule has 0 heteroatoms. The minimum Gasteiger partial charge on any atom is -0.0654 e. The second kappa shape index (κ2) is 8.32.